The Labute approximate surface area is 203 Å². The average Bonchev–Trinajstić information content (AvgIpc) is 2.80. The van der Waals surface area contributed by atoms with E-state index < -0.39 is 34.6 Å². The zero-order chi connectivity index (χ0) is 25.4. The monoisotopic (exact) mass is 480 g/mol. The van der Waals surface area contributed by atoms with E-state index in [0.717, 1.165) is 55.5 Å². The largest absolute Gasteiger partial charge is 0.207 e. The molecule has 0 aliphatic heterocycles. The molecule has 0 aromatic heterocycles. The molecule has 3 aromatic carbocycles. The van der Waals surface area contributed by atoms with Crippen molar-refractivity contribution in [2.45, 2.75) is 52.4 Å². The molecule has 0 saturated heterocycles. The van der Waals surface area contributed by atoms with E-state index in [-0.39, 0.29) is 28.7 Å². The van der Waals surface area contributed by atoms with Crippen LogP contribution >= 0.6 is 0 Å². The third kappa shape index (κ3) is 6.96. The smallest absolute Gasteiger partial charge is 0.143 e. The second-order valence-electron chi connectivity index (χ2n) is 8.25. The summed E-state index contributed by atoms with van der Waals surface area (Å²) < 4.78 is 71.8. The van der Waals surface area contributed by atoms with Crippen LogP contribution in [-0.2, 0) is 12.8 Å². The Bertz CT molecular complexity index is 1290. The van der Waals surface area contributed by atoms with Crippen molar-refractivity contribution in [1.82, 2.24) is 0 Å². The second-order valence-corrected chi connectivity index (χ2v) is 8.25. The molecule has 0 unspecified atom stereocenters. The molecule has 0 bridgehead atoms. The number of halogens is 5. The molecule has 0 aliphatic rings. The summed E-state index contributed by atoms with van der Waals surface area (Å²) in [4.78, 5) is 0. The highest BCUT2D eigenvalue weighted by atomic mass is 19.1. The topological polar surface area (TPSA) is 0 Å². The molecule has 3 rings (SSSR count). The Morgan fingerprint density at radius 3 is 1.74 bits per heavy atom. The Hall–Kier alpha value is -3.57. The number of unbranched alkanes of at least 4 members (excludes halogenated alkanes) is 2. The maximum absolute atomic E-state index is 14.5. The summed E-state index contributed by atoms with van der Waals surface area (Å²) in [6.07, 6.45) is 4.35. The molecule has 0 aliphatic carbocycles. The van der Waals surface area contributed by atoms with Gasteiger partial charge in [0.1, 0.15) is 29.1 Å². The molecule has 0 atom stereocenters. The first kappa shape index (κ1) is 26.0. The van der Waals surface area contributed by atoms with Crippen molar-refractivity contribution in [3.8, 4) is 23.7 Å². The highest BCUT2D eigenvalue weighted by Crippen LogP contribution is 2.19. The molecule has 180 valence electrons. The number of hydrogen-bond acceptors (Lipinski definition) is 0. The first-order chi connectivity index (χ1) is 16.8. The number of rotatable bonds is 6. The lowest BCUT2D eigenvalue weighted by atomic mass is 10.0. The van der Waals surface area contributed by atoms with Crippen LogP contribution in [0, 0.1) is 52.8 Å². The van der Waals surface area contributed by atoms with Crippen LogP contribution in [0.5, 0.6) is 0 Å². The van der Waals surface area contributed by atoms with Gasteiger partial charge in [-0.2, -0.15) is 0 Å². The van der Waals surface area contributed by atoms with Gasteiger partial charge in [0, 0.05) is 16.7 Å². The Kier molecular flexibility index (Phi) is 9.10. The van der Waals surface area contributed by atoms with E-state index in [4.69, 9.17) is 0 Å². The van der Waals surface area contributed by atoms with Crippen LogP contribution in [0.1, 0.15) is 72.9 Å². The van der Waals surface area contributed by atoms with Gasteiger partial charge in [-0.15, -0.1) is 0 Å². The average molecular weight is 481 g/mol. The normalized spacial score (nSPS) is 10.4. The maximum Gasteiger partial charge on any atom is 0.143 e. The summed E-state index contributed by atoms with van der Waals surface area (Å²) in [7, 11) is 0. The van der Waals surface area contributed by atoms with Gasteiger partial charge in [0.05, 0.1) is 11.1 Å². The van der Waals surface area contributed by atoms with Crippen LogP contribution in [0.2, 0.25) is 0 Å². The maximum atomic E-state index is 14.5. The molecule has 0 amide bonds. The molecule has 0 heterocycles. The fourth-order valence-electron chi connectivity index (χ4n) is 3.61. The fraction of sp³-hybridized carbons (Fsp3) is 0.267. The highest BCUT2D eigenvalue weighted by Gasteiger charge is 2.12. The Morgan fingerprint density at radius 1 is 0.571 bits per heavy atom. The van der Waals surface area contributed by atoms with E-state index in [1.807, 2.05) is 13.8 Å². The minimum absolute atomic E-state index is 0.0103. The summed E-state index contributed by atoms with van der Waals surface area (Å²) in [5.41, 5.74) is 0.400. The number of aryl methyl sites for hydroxylation is 1. The van der Waals surface area contributed by atoms with E-state index in [2.05, 4.69) is 23.7 Å². The first-order valence-electron chi connectivity index (χ1n) is 11.6. The molecule has 0 nitrogen and oxygen atoms in total. The van der Waals surface area contributed by atoms with Gasteiger partial charge in [0.15, 0.2) is 0 Å². The Balaban J connectivity index is 1.82. The zero-order valence-corrected chi connectivity index (χ0v) is 19.7. The minimum atomic E-state index is -0.974. The predicted molar refractivity (Wildman–Crippen MR) is 128 cm³/mol. The SMILES string of the molecule is CCCCCc1c(F)cc(C#Cc2c(F)cc(C#Cc3ccc(CCC)cc3F)cc2F)cc1F. The zero-order valence-electron chi connectivity index (χ0n) is 19.7. The van der Waals surface area contributed by atoms with E-state index in [1.165, 1.54) is 12.1 Å². The van der Waals surface area contributed by atoms with E-state index >= 15 is 0 Å². The van der Waals surface area contributed by atoms with Gasteiger partial charge in [-0.1, -0.05) is 62.9 Å². The summed E-state index contributed by atoms with van der Waals surface area (Å²) >= 11 is 0. The summed E-state index contributed by atoms with van der Waals surface area (Å²) in [5.74, 6) is 5.98. The molecule has 3 aromatic rings. The molecule has 35 heavy (non-hydrogen) atoms. The van der Waals surface area contributed by atoms with Crippen LogP contribution in [0.25, 0.3) is 0 Å². The van der Waals surface area contributed by atoms with E-state index in [0.29, 0.717) is 6.42 Å². The lowest BCUT2D eigenvalue weighted by molar-refractivity contribution is 0.545. The summed E-state index contributed by atoms with van der Waals surface area (Å²) in [6.45, 7) is 3.99. The van der Waals surface area contributed by atoms with Crippen molar-refractivity contribution in [3.05, 3.63) is 105 Å². The lowest BCUT2D eigenvalue weighted by Crippen LogP contribution is -1.98. The third-order valence-electron chi connectivity index (χ3n) is 5.46. The van der Waals surface area contributed by atoms with Gasteiger partial charge in [0.2, 0.25) is 0 Å². The van der Waals surface area contributed by atoms with Crippen LogP contribution in [0.3, 0.4) is 0 Å². The minimum Gasteiger partial charge on any atom is -0.207 e. The van der Waals surface area contributed by atoms with Gasteiger partial charge in [0.25, 0.3) is 0 Å². The van der Waals surface area contributed by atoms with E-state index in [9.17, 15) is 22.0 Å². The van der Waals surface area contributed by atoms with E-state index in [1.54, 1.807) is 6.07 Å². The quantitative estimate of drug-likeness (QED) is 0.191. The first-order valence-corrected chi connectivity index (χ1v) is 11.6. The standard InChI is InChI=1S/C30H25F5/c1-3-5-6-8-24-27(32)18-22(19-28(24)33)11-14-25-29(34)16-21(17-30(25)35)10-13-23-12-9-20(7-4-2)15-26(23)31/h9,12,15-19H,3-8H2,1-2H3. The van der Waals surface area contributed by atoms with Crippen molar-refractivity contribution >= 4 is 0 Å². The summed E-state index contributed by atoms with van der Waals surface area (Å²) in [5, 5.41) is 0. The van der Waals surface area contributed by atoms with Gasteiger partial charge in [-0.05, 0) is 61.2 Å². The molecule has 0 fully saturated rings. The van der Waals surface area contributed by atoms with Gasteiger partial charge in [-0.25, -0.2) is 22.0 Å². The van der Waals surface area contributed by atoms with Crippen molar-refractivity contribution in [2.24, 2.45) is 0 Å². The van der Waals surface area contributed by atoms with Gasteiger partial charge in [-0.3, -0.25) is 0 Å². The number of hydrogen-bond donors (Lipinski definition) is 0. The van der Waals surface area contributed by atoms with Gasteiger partial charge >= 0.3 is 0 Å². The van der Waals surface area contributed by atoms with Crippen molar-refractivity contribution in [3.63, 3.8) is 0 Å². The highest BCUT2D eigenvalue weighted by molar-refractivity contribution is 5.50. The van der Waals surface area contributed by atoms with Crippen LogP contribution in [0.4, 0.5) is 22.0 Å². The van der Waals surface area contributed by atoms with Crippen molar-refractivity contribution in [2.75, 3.05) is 0 Å². The molecule has 5 heteroatoms. The molecule has 0 spiro atoms. The van der Waals surface area contributed by atoms with Crippen LogP contribution in [0.15, 0.2) is 42.5 Å². The van der Waals surface area contributed by atoms with Crippen LogP contribution < -0.4 is 0 Å². The third-order valence-corrected chi connectivity index (χ3v) is 5.46. The van der Waals surface area contributed by atoms with Crippen molar-refractivity contribution in [1.29, 1.82) is 0 Å². The molecular formula is C30H25F5. The van der Waals surface area contributed by atoms with Crippen molar-refractivity contribution < 1.29 is 22.0 Å². The molecule has 0 radical (unpaired) electrons. The number of benzene rings is 3. The Morgan fingerprint density at radius 2 is 1.17 bits per heavy atom. The van der Waals surface area contributed by atoms with Gasteiger partial charge < -0.3 is 0 Å². The fourth-order valence-corrected chi connectivity index (χ4v) is 3.61. The molecular weight excluding hydrogens is 455 g/mol. The predicted octanol–water partition coefficient (Wildman–Crippen LogP) is 7.87. The summed E-state index contributed by atoms with van der Waals surface area (Å²) in [6, 6.07) is 8.80. The lowest BCUT2D eigenvalue weighted by Gasteiger charge is -2.05. The second kappa shape index (κ2) is 12.2. The molecule has 0 saturated carbocycles. The van der Waals surface area contributed by atoms with Crippen LogP contribution in [-0.4, -0.2) is 0 Å². The molecule has 0 N–H and O–H groups in total.